The van der Waals surface area contributed by atoms with Crippen molar-refractivity contribution in [1.82, 2.24) is 4.90 Å². The molecule has 0 bridgehead atoms. The molecule has 116 valence electrons. The first-order valence-electron chi connectivity index (χ1n) is 8.01. The highest BCUT2D eigenvalue weighted by Crippen LogP contribution is 2.46. The minimum Gasteiger partial charge on any atom is -0.323 e. The molecular formula is C17H24F2N2. The van der Waals surface area contributed by atoms with Crippen molar-refractivity contribution in [2.45, 2.75) is 44.6 Å². The fraction of sp³-hybridized carbons (Fsp3) is 0.647. The summed E-state index contributed by atoms with van der Waals surface area (Å²) in [7, 11) is 0. The zero-order valence-electron chi connectivity index (χ0n) is 12.5. The number of nitrogens with two attached hydrogens (primary N) is 1. The minimum atomic E-state index is -0.460. The van der Waals surface area contributed by atoms with Crippen molar-refractivity contribution in [3.8, 4) is 0 Å². The maximum atomic E-state index is 13.7. The van der Waals surface area contributed by atoms with Gasteiger partial charge in [-0.25, -0.2) is 8.78 Å². The van der Waals surface area contributed by atoms with Gasteiger partial charge in [-0.15, -0.1) is 0 Å². The van der Waals surface area contributed by atoms with Crippen molar-refractivity contribution in [3.63, 3.8) is 0 Å². The normalized spacial score (nSPS) is 23.6. The third kappa shape index (κ3) is 3.27. The second-order valence-corrected chi connectivity index (χ2v) is 6.78. The average Bonchev–Trinajstić information content (AvgIpc) is 2.93. The summed E-state index contributed by atoms with van der Waals surface area (Å²) in [4.78, 5) is 2.30. The summed E-state index contributed by atoms with van der Waals surface area (Å²) in [6.45, 7) is 2.67. The van der Waals surface area contributed by atoms with Gasteiger partial charge < -0.3 is 10.6 Å². The fourth-order valence-electron chi connectivity index (χ4n) is 4.01. The summed E-state index contributed by atoms with van der Waals surface area (Å²) in [5, 5.41) is 0. The molecule has 1 saturated carbocycles. The zero-order chi connectivity index (χ0) is 14.9. The summed E-state index contributed by atoms with van der Waals surface area (Å²) in [5.74, 6) is -0.835. The molecule has 1 aliphatic heterocycles. The van der Waals surface area contributed by atoms with Gasteiger partial charge in [-0.3, -0.25) is 0 Å². The average molecular weight is 294 g/mol. The third-order valence-corrected chi connectivity index (χ3v) is 5.39. The van der Waals surface area contributed by atoms with Crippen LogP contribution in [0.1, 0.15) is 50.1 Å². The van der Waals surface area contributed by atoms with Gasteiger partial charge in [-0.05, 0) is 62.4 Å². The first kappa shape index (κ1) is 14.9. The van der Waals surface area contributed by atoms with E-state index in [4.69, 9.17) is 5.73 Å². The number of rotatable bonds is 3. The molecule has 1 heterocycles. The van der Waals surface area contributed by atoms with Crippen LogP contribution in [0.4, 0.5) is 8.78 Å². The van der Waals surface area contributed by atoms with Crippen LogP contribution in [-0.2, 0) is 0 Å². The lowest BCUT2D eigenvalue weighted by Crippen LogP contribution is -2.42. The fourth-order valence-corrected chi connectivity index (χ4v) is 4.01. The molecule has 1 unspecified atom stereocenters. The Bertz CT molecular complexity index is 488. The van der Waals surface area contributed by atoms with Gasteiger partial charge in [0.2, 0.25) is 0 Å². The molecule has 1 spiro atoms. The summed E-state index contributed by atoms with van der Waals surface area (Å²) in [6.07, 6.45) is 7.93. The van der Waals surface area contributed by atoms with Crippen LogP contribution < -0.4 is 5.73 Å². The Labute approximate surface area is 125 Å². The first-order chi connectivity index (χ1) is 10.1. The van der Waals surface area contributed by atoms with Crippen LogP contribution in [0.3, 0.4) is 0 Å². The van der Waals surface area contributed by atoms with Crippen molar-refractivity contribution in [2.75, 3.05) is 19.6 Å². The quantitative estimate of drug-likeness (QED) is 0.922. The van der Waals surface area contributed by atoms with E-state index in [1.165, 1.54) is 44.6 Å². The number of likely N-dealkylation sites (tertiary alicyclic amines) is 1. The van der Waals surface area contributed by atoms with Crippen LogP contribution in [0.15, 0.2) is 18.2 Å². The topological polar surface area (TPSA) is 29.3 Å². The van der Waals surface area contributed by atoms with Crippen LogP contribution in [0, 0.1) is 17.0 Å². The SMILES string of the molecule is NC(CN1CCC2(CCCC2)CC1)c1cc(F)ccc1F. The number of hydrogen-bond acceptors (Lipinski definition) is 2. The summed E-state index contributed by atoms with van der Waals surface area (Å²) in [5.41, 5.74) is 6.95. The molecule has 4 heteroatoms. The summed E-state index contributed by atoms with van der Waals surface area (Å²) >= 11 is 0. The van der Waals surface area contributed by atoms with Gasteiger partial charge in [0, 0.05) is 18.2 Å². The van der Waals surface area contributed by atoms with Gasteiger partial charge in [-0.1, -0.05) is 12.8 Å². The third-order valence-electron chi connectivity index (χ3n) is 5.39. The lowest BCUT2D eigenvalue weighted by Gasteiger charge is -2.40. The molecule has 2 aliphatic rings. The number of piperidine rings is 1. The van der Waals surface area contributed by atoms with E-state index in [9.17, 15) is 8.78 Å². The lowest BCUT2D eigenvalue weighted by molar-refractivity contribution is 0.104. The molecule has 2 fully saturated rings. The molecule has 1 aliphatic carbocycles. The van der Waals surface area contributed by atoms with E-state index in [1.54, 1.807) is 0 Å². The Morgan fingerprint density at radius 2 is 1.76 bits per heavy atom. The van der Waals surface area contributed by atoms with Gasteiger partial charge in [0.15, 0.2) is 0 Å². The van der Waals surface area contributed by atoms with E-state index in [0.717, 1.165) is 25.2 Å². The van der Waals surface area contributed by atoms with Gasteiger partial charge >= 0.3 is 0 Å². The molecule has 2 N–H and O–H groups in total. The van der Waals surface area contributed by atoms with E-state index in [1.807, 2.05) is 0 Å². The van der Waals surface area contributed by atoms with E-state index in [-0.39, 0.29) is 5.56 Å². The monoisotopic (exact) mass is 294 g/mol. The predicted molar refractivity (Wildman–Crippen MR) is 79.9 cm³/mol. The van der Waals surface area contributed by atoms with Crippen molar-refractivity contribution < 1.29 is 8.78 Å². The zero-order valence-corrected chi connectivity index (χ0v) is 12.5. The molecule has 1 saturated heterocycles. The molecule has 3 rings (SSSR count). The molecule has 1 aromatic carbocycles. The lowest BCUT2D eigenvalue weighted by atomic mass is 9.77. The number of benzene rings is 1. The molecular weight excluding hydrogens is 270 g/mol. The number of hydrogen-bond donors (Lipinski definition) is 1. The predicted octanol–water partition coefficient (Wildman–Crippen LogP) is 3.62. The van der Waals surface area contributed by atoms with Crippen molar-refractivity contribution in [2.24, 2.45) is 11.1 Å². The van der Waals surface area contributed by atoms with E-state index in [0.29, 0.717) is 12.0 Å². The summed E-state index contributed by atoms with van der Waals surface area (Å²) in [6, 6.07) is 3.06. The Morgan fingerprint density at radius 1 is 1.10 bits per heavy atom. The van der Waals surface area contributed by atoms with Crippen LogP contribution >= 0.6 is 0 Å². The van der Waals surface area contributed by atoms with Crippen molar-refractivity contribution >= 4 is 0 Å². The largest absolute Gasteiger partial charge is 0.323 e. The number of nitrogens with zero attached hydrogens (tertiary/aromatic N) is 1. The maximum absolute atomic E-state index is 13.7. The molecule has 0 amide bonds. The first-order valence-corrected chi connectivity index (χ1v) is 8.01. The molecule has 1 atom stereocenters. The number of halogens is 2. The van der Waals surface area contributed by atoms with Crippen LogP contribution in [0.2, 0.25) is 0 Å². The highest BCUT2D eigenvalue weighted by atomic mass is 19.1. The maximum Gasteiger partial charge on any atom is 0.128 e. The molecule has 1 aromatic rings. The van der Waals surface area contributed by atoms with Crippen molar-refractivity contribution in [1.29, 1.82) is 0 Å². The van der Waals surface area contributed by atoms with Crippen LogP contribution in [-0.4, -0.2) is 24.5 Å². The van der Waals surface area contributed by atoms with Crippen molar-refractivity contribution in [3.05, 3.63) is 35.4 Å². The van der Waals surface area contributed by atoms with E-state index < -0.39 is 17.7 Å². The molecule has 21 heavy (non-hydrogen) atoms. The molecule has 2 nitrogen and oxygen atoms in total. The smallest absolute Gasteiger partial charge is 0.128 e. The Morgan fingerprint density at radius 3 is 2.43 bits per heavy atom. The summed E-state index contributed by atoms with van der Waals surface area (Å²) < 4.78 is 27.0. The van der Waals surface area contributed by atoms with Gasteiger partial charge in [0.25, 0.3) is 0 Å². The Hall–Kier alpha value is -1.00. The van der Waals surface area contributed by atoms with Gasteiger partial charge in [0.1, 0.15) is 11.6 Å². The highest BCUT2D eigenvalue weighted by Gasteiger charge is 2.37. The van der Waals surface area contributed by atoms with Crippen LogP contribution in [0.5, 0.6) is 0 Å². The van der Waals surface area contributed by atoms with Gasteiger partial charge in [-0.2, -0.15) is 0 Å². The standard InChI is InChI=1S/C17H24F2N2/c18-13-3-4-15(19)14(11-13)16(20)12-21-9-7-17(8-10-21)5-1-2-6-17/h3-4,11,16H,1-2,5-10,12,20H2. The molecule has 0 radical (unpaired) electrons. The van der Waals surface area contributed by atoms with Crippen LogP contribution in [0.25, 0.3) is 0 Å². The second-order valence-electron chi connectivity index (χ2n) is 6.78. The molecule has 0 aromatic heterocycles. The Kier molecular flexibility index (Phi) is 4.27. The minimum absolute atomic E-state index is 0.288. The highest BCUT2D eigenvalue weighted by molar-refractivity contribution is 5.22. The Balaban J connectivity index is 1.58. The van der Waals surface area contributed by atoms with Gasteiger partial charge in [0.05, 0.1) is 0 Å². The second kappa shape index (κ2) is 6.01. The van der Waals surface area contributed by atoms with E-state index >= 15 is 0 Å². The van der Waals surface area contributed by atoms with E-state index in [2.05, 4.69) is 4.90 Å².